The molecule has 0 spiro atoms. The highest BCUT2D eigenvalue weighted by Crippen LogP contribution is 2.28. The van der Waals surface area contributed by atoms with Gasteiger partial charge in [-0.2, -0.15) is 0 Å². The molecule has 3 heteroatoms. The minimum absolute atomic E-state index is 0.0301. The van der Waals surface area contributed by atoms with Crippen molar-refractivity contribution in [3.63, 3.8) is 0 Å². The van der Waals surface area contributed by atoms with E-state index in [1.807, 2.05) is 50.2 Å². The molecule has 2 aromatic carbocycles. The number of aromatic hydroxyl groups is 1. The zero-order valence-corrected chi connectivity index (χ0v) is 10.7. The van der Waals surface area contributed by atoms with Crippen LogP contribution in [0.4, 0.5) is 0 Å². The monoisotopic (exact) mass is 242 g/mol. The van der Waals surface area contributed by atoms with Crippen LogP contribution in [0.25, 0.3) is 10.8 Å². The van der Waals surface area contributed by atoms with E-state index in [1.54, 1.807) is 0 Å². The summed E-state index contributed by atoms with van der Waals surface area (Å²) in [6.45, 7) is 4.38. The predicted molar refractivity (Wildman–Crippen MR) is 76.3 cm³/mol. The van der Waals surface area contributed by atoms with E-state index in [1.165, 1.54) is 0 Å². The Balaban J connectivity index is 2.46. The lowest BCUT2D eigenvalue weighted by Gasteiger charge is -2.08. The molecule has 3 N–H and O–H groups in total. The van der Waals surface area contributed by atoms with Gasteiger partial charge in [-0.3, -0.25) is 4.99 Å². The minimum atomic E-state index is 0.0301. The van der Waals surface area contributed by atoms with Crippen molar-refractivity contribution >= 4 is 16.5 Å². The summed E-state index contributed by atoms with van der Waals surface area (Å²) in [5, 5.41) is 12.2. The first-order chi connectivity index (χ1) is 8.59. The number of benzene rings is 2. The fourth-order valence-corrected chi connectivity index (χ4v) is 1.91. The van der Waals surface area contributed by atoms with Crippen molar-refractivity contribution in [2.45, 2.75) is 19.9 Å². The number of aliphatic imine (C=N–C) groups is 1. The zero-order chi connectivity index (χ0) is 13.1. The van der Waals surface area contributed by atoms with Gasteiger partial charge in [-0.1, -0.05) is 30.3 Å². The molecule has 1 atom stereocenters. The van der Waals surface area contributed by atoms with Crippen molar-refractivity contribution in [2.75, 3.05) is 6.54 Å². The van der Waals surface area contributed by atoms with Crippen LogP contribution in [-0.2, 0) is 0 Å². The van der Waals surface area contributed by atoms with Crippen LogP contribution in [0.5, 0.6) is 5.75 Å². The van der Waals surface area contributed by atoms with Crippen LogP contribution in [0.3, 0.4) is 0 Å². The normalized spacial score (nSPS) is 13.8. The Morgan fingerprint density at radius 1 is 1.28 bits per heavy atom. The van der Waals surface area contributed by atoms with E-state index >= 15 is 0 Å². The summed E-state index contributed by atoms with van der Waals surface area (Å²) in [4.78, 5) is 4.39. The van der Waals surface area contributed by atoms with E-state index in [0.29, 0.717) is 12.3 Å². The van der Waals surface area contributed by atoms with Crippen LogP contribution < -0.4 is 5.73 Å². The van der Waals surface area contributed by atoms with E-state index in [-0.39, 0.29) is 6.04 Å². The van der Waals surface area contributed by atoms with Crippen molar-refractivity contribution < 1.29 is 5.11 Å². The molecule has 0 amide bonds. The van der Waals surface area contributed by atoms with Gasteiger partial charge < -0.3 is 10.8 Å². The Hall–Kier alpha value is -1.87. The molecule has 0 fully saturated rings. The lowest BCUT2D eigenvalue weighted by atomic mass is 10.0. The summed E-state index contributed by atoms with van der Waals surface area (Å²) in [6, 6.07) is 11.7. The van der Waals surface area contributed by atoms with Gasteiger partial charge in [-0.15, -0.1) is 0 Å². The van der Waals surface area contributed by atoms with Crippen LogP contribution in [0.2, 0.25) is 0 Å². The van der Waals surface area contributed by atoms with E-state index in [9.17, 15) is 5.11 Å². The lowest BCUT2D eigenvalue weighted by molar-refractivity contribution is 0.480. The van der Waals surface area contributed by atoms with E-state index in [2.05, 4.69) is 4.99 Å². The van der Waals surface area contributed by atoms with Crippen LogP contribution >= 0.6 is 0 Å². The molecule has 0 aliphatic carbocycles. The fraction of sp³-hybridized carbons (Fsp3) is 0.267. The van der Waals surface area contributed by atoms with Gasteiger partial charge in [0, 0.05) is 22.7 Å². The van der Waals surface area contributed by atoms with Gasteiger partial charge in [0.15, 0.2) is 0 Å². The Morgan fingerprint density at radius 2 is 2.00 bits per heavy atom. The number of rotatable bonds is 3. The summed E-state index contributed by atoms with van der Waals surface area (Å²) in [6.07, 6.45) is 0. The maximum atomic E-state index is 10.3. The van der Waals surface area contributed by atoms with E-state index in [0.717, 1.165) is 22.0 Å². The summed E-state index contributed by atoms with van der Waals surface area (Å²) in [5.74, 6) is 0.291. The highest BCUT2D eigenvalue weighted by Gasteiger charge is 2.08. The third-order valence-corrected chi connectivity index (χ3v) is 2.91. The van der Waals surface area contributed by atoms with Crippen molar-refractivity contribution in [2.24, 2.45) is 10.7 Å². The fourth-order valence-electron chi connectivity index (χ4n) is 1.91. The van der Waals surface area contributed by atoms with Crippen molar-refractivity contribution in [1.82, 2.24) is 0 Å². The van der Waals surface area contributed by atoms with Crippen molar-refractivity contribution in [3.05, 3.63) is 42.0 Å². The first-order valence-corrected chi connectivity index (χ1v) is 6.07. The molecule has 0 saturated carbocycles. The number of hydrogen-bond acceptors (Lipinski definition) is 3. The van der Waals surface area contributed by atoms with Gasteiger partial charge in [0.1, 0.15) is 5.75 Å². The quantitative estimate of drug-likeness (QED) is 0.813. The molecule has 0 radical (unpaired) electrons. The van der Waals surface area contributed by atoms with Crippen LogP contribution in [0.15, 0.2) is 41.4 Å². The molecule has 0 aromatic heterocycles. The SMILES string of the molecule is CC(=NC[C@H](C)N)c1ccc2ccccc2c1O. The summed E-state index contributed by atoms with van der Waals surface area (Å²) >= 11 is 0. The summed E-state index contributed by atoms with van der Waals surface area (Å²) in [5.41, 5.74) is 7.27. The number of hydrogen-bond donors (Lipinski definition) is 2. The second-order valence-electron chi connectivity index (χ2n) is 4.59. The zero-order valence-electron chi connectivity index (χ0n) is 10.7. The number of nitrogens with two attached hydrogens (primary N) is 1. The van der Waals surface area contributed by atoms with Crippen molar-refractivity contribution in [3.8, 4) is 5.75 Å². The van der Waals surface area contributed by atoms with E-state index < -0.39 is 0 Å². The maximum Gasteiger partial charge on any atom is 0.132 e. The third kappa shape index (κ3) is 2.51. The molecule has 18 heavy (non-hydrogen) atoms. The molecule has 0 aliphatic rings. The maximum absolute atomic E-state index is 10.3. The summed E-state index contributed by atoms with van der Waals surface area (Å²) in [7, 11) is 0. The second kappa shape index (κ2) is 5.19. The van der Waals surface area contributed by atoms with Crippen LogP contribution in [0, 0.1) is 0 Å². The average Bonchev–Trinajstić information content (AvgIpc) is 2.37. The molecule has 0 saturated heterocycles. The molecule has 2 aromatic rings. The molecule has 0 heterocycles. The number of nitrogens with zero attached hydrogens (tertiary/aromatic N) is 1. The van der Waals surface area contributed by atoms with Crippen LogP contribution in [-0.4, -0.2) is 23.4 Å². The second-order valence-corrected chi connectivity index (χ2v) is 4.59. The molecule has 2 rings (SSSR count). The molecule has 3 nitrogen and oxygen atoms in total. The minimum Gasteiger partial charge on any atom is -0.507 e. The molecule has 0 bridgehead atoms. The molecule has 0 aliphatic heterocycles. The first kappa shape index (κ1) is 12.6. The smallest absolute Gasteiger partial charge is 0.132 e. The Morgan fingerprint density at radius 3 is 2.72 bits per heavy atom. The number of phenolic OH excluding ortho intramolecular Hbond substituents is 1. The molecular formula is C15H18N2O. The molecular weight excluding hydrogens is 224 g/mol. The average molecular weight is 242 g/mol. The Bertz CT molecular complexity index is 588. The van der Waals surface area contributed by atoms with Gasteiger partial charge in [0.25, 0.3) is 0 Å². The van der Waals surface area contributed by atoms with Gasteiger partial charge >= 0.3 is 0 Å². The topological polar surface area (TPSA) is 58.6 Å². The Kier molecular flexibility index (Phi) is 3.63. The standard InChI is InChI=1S/C15H18N2O/c1-10(16)9-17-11(2)13-8-7-12-5-3-4-6-14(12)15(13)18/h3-8,10,18H,9,16H2,1-2H3/t10-/m0/s1. The first-order valence-electron chi connectivity index (χ1n) is 6.07. The van der Waals surface area contributed by atoms with Gasteiger partial charge in [-0.05, 0) is 25.3 Å². The van der Waals surface area contributed by atoms with Crippen LogP contribution in [0.1, 0.15) is 19.4 Å². The largest absolute Gasteiger partial charge is 0.507 e. The van der Waals surface area contributed by atoms with Gasteiger partial charge in [0.2, 0.25) is 0 Å². The lowest BCUT2D eigenvalue weighted by Crippen LogP contribution is -2.19. The summed E-state index contributed by atoms with van der Waals surface area (Å²) < 4.78 is 0. The van der Waals surface area contributed by atoms with Crippen molar-refractivity contribution in [1.29, 1.82) is 0 Å². The Labute approximate surface area is 107 Å². The van der Waals surface area contributed by atoms with Gasteiger partial charge in [-0.25, -0.2) is 0 Å². The number of fused-ring (bicyclic) bond motifs is 1. The number of phenols is 1. The van der Waals surface area contributed by atoms with E-state index in [4.69, 9.17) is 5.73 Å². The highest BCUT2D eigenvalue weighted by molar-refractivity contribution is 6.06. The molecule has 0 unspecified atom stereocenters. The predicted octanol–water partition coefficient (Wildman–Crippen LogP) is 2.70. The molecule has 94 valence electrons. The third-order valence-electron chi connectivity index (χ3n) is 2.91. The highest BCUT2D eigenvalue weighted by atomic mass is 16.3. The van der Waals surface area contributed by atoms with Gasteiger partial charge in [0.05, 0.1) is 6.54 Å².